The summed E-state index contributed by atoms with van der Waals surface area (Å²) in [6.07, 6.45) is -2.79. The number of amides is 11. The Bertz CT molecular complexity index is 2880. The number of hydrogen-bond acceptors (Lipinski definition) is 12. The van der Waals surface area contributed by atoms with Crippen LogP contribution < -0.4 is 16.0 Å². The first-order valence-electron chi connectivity index (χ1n) is 36.8. The van der Waals surface area contributed by atoms with Crippen LogP contribution in [0.3, 0.4) is 0 Å². The molecule has 6 aliphatic rings. The molecule has 3 aliphatic carbocycles. The maximum absolute atomic E-state index is 15.5. The number of alkyl halides is 5. The maximum atomic E-state index is 15.5. The summed E-state index contributed by atoms with van der Waals surface area (Å²) in [5.41, 5.74) is -1.58. The minimum Gasteiger partial charge on any atom is -0.377 e. The van der Waals surface area contributed by atoms with E-state index < -0.39 is 193 Å². The van der Waals surface area contributed by atoms with E-state index in [2.05, 4.69) is 16.0 Å². The summed E-state index contributed by atoms with van der Waals surface area (Å²) < 4.78 is 78.6. The van der Waals surface area contributed by atoms with E-state index in [-0.39, 0.29) is 89.3 Å². The predicted octanol–water partition coefficient (Wildman–Crippen LogP) is 6.74. The van der Waals surface area contributed by atoms with E-state index >= 15 is 37.5 Å². The lowest BCUT2D eigenvalue weighted by Gasteiger charge is -2.47. The number of carbonyl (C=O) groups is 11. The molecule has 0 aromatic heterocycles. The van der Waals surface area contributed by atoms with Gasteiger partial charge < -0.3 is 59.9 Å². The SMILES string of the molecule is CCO[C@@H]1C[C@H]2C(=O)NC3(CCC3)C(=O)N(C)[C@@H](C(CC)CC)C(=O)N(C)[C@H](C(C)C)CC(=O)N(C)[C@@H](CC)C(=O)N[C@@H]([C@@H](C)CC)C(=O)N(C)CC(=O)N(C)[C@H]3C/C=C\CCN(C3=O)[C@@H](CC3CCCCC3)C(=O)N(C)CC(=O)N[C@@H](CCC3CC(F)C(C(F)(F)F)C(F)C3)C(=O)N2C1. The fourth-order valence-corrected chi connectivity index (χ4v) is 16.1. The minimum absolute atomic E-state index is 0.0188. The first-order chi connectivity index (χ1) is 47.1. The van der Waals surface area contributed by atoms with Gasteiger partial charge in [0.15, 0.2) is 0 Å². The summed E-state index contributed by atoms with van der Waals surface area (Å²) in [5.74, 6) is -12.2. The summed E-state index contributed by atoms with van der Waals surface area (Å²) in [6, 6.07) is -9.42. The van der Waals surface area contributed by atoms with Gasteiger partial charge in [-0.2, -0.15) is 13.2 Å². The van der Waals surface area contributed by atoms with Crippen LogP contribution in [-0.4, -0.2) is 258 Å². The zero-order valence-corrected chi connectivity index (χ0v) is 61.7. The van der Waals surface area contributed by atoms with E-state index in [0.717, 1.165) is 37.0 Å². The fourth-order valence-electron chi connectivity index (χ4n) is 16.1. The highest BCUT2D eigenvalue weighted by Gasteiger charge is 2.56. The molecule has 100 heavy (non-hydrogen) atoms. The third-order valence-electron chi connectivity index (χ3n) is 22.8. The lowest BCUT2D eigenvalue weighted by Crippen LogP contribution is -2.68. The maximum Gasteiger partial charge on any atom is 0.397 e. The number of halogens is 5. The molecule has 2 saturated heterocycles. The second-order valence-corrected chi connectivity index (χ2v) is 29.8. The van der Waals surface area contributed by atoms with Crippen molar-refractivity contribution in [3.05, 3.63) is 12.2 Å². The van der Waals surface area contributed by atoms with Crippen molar-refractivity contribution in [3.8, 4) is 0 Å². The van der Waals surface area contributed by atoms with Gasteiger partial charge in [-0.05, 0) is 107 Å². The number of fused-ring (bicyclic) bond motifs is 3. The van der Waals surface area contributed by atoms with Gasteiger partial charge in [0.2, 0.25) is 65.0 Å². The Morgan fingerprint density at radius 1 is 0.620 bits per heavy atom. The van der Waals surface area contributed by atoms with Crippen LogP contribution in [0.2, 0.25) is 0 Å². The monoisotopic (exact) mass is 1420 g/mol. The molecule has 23 nitrogen and oxygen atoms in total. The Labute approximate surface area is 588 Å². The van der Waals surface area contributed by atoms with Crippen molar-refractivity contribution < 1.29 is 79.4 Å². The molecule has 0 aromatic rings. The third-order valence-corrected chi connectivity index (χ3v) is 22.8. The molecule has 2 unspecified atom stereocenters. The van der Waals surface area contributed by atoms with Crippen LogP contribution >= 0.6 is 0 Å². The summed E-state index contributed by atoms with van der Waals surface area (Å²) in [7, 11) is 8.75. The lowest BCUT2D eigenvalue weighted by atomic mass is 9.74. The topological polar surface area (TPSA) is 259 Å². The second kappa shape index (κ2) is 36.6. The van der Waals surface area contributed by atoms with E-state index in [1.807, 2.05) is 40.7 Å². The van der Waals surface area contributed by atoms with Crippen LogP contribution in [0.15, 0.2) is 12.2 Å². The molecule has 3 aliphatic heterocycles. The van der Waals surface area contributed by atoms with Gasteiger partial charge in [0, 0.05) is 80.9 Å². The minimum atomic E-state index is -5.16. The van der Waals surface area contributed by atoms with Crippen molar-refractivity contribution in [2.75, 3.05) is 75.1 Å². The molecule has 1 spiro atoms. The molecule has 566 valence electrons. The number of likely N-dealkylation sites (N-methyl/N-ethyl adjacent to an activating group) is 6. The Hall–Kier alpha value is -6.48. The average molecular weight is 1420 g/mol. The molecule has 11 amide bonds. The highest BCUT2D eigenvalue weighted by atomic mass is 19.4. The molecule has 12 atom stereocenters. The number of nitrogens with zero attached hydrogens (tertiary/aromatic N) is 8. The van der Waals surface area contributed by atoms with Crippen molar-refractivity contribution in [1.29, 1.82) is 0 Å². The molecule has 28 heteroatoms. The zero-order valence-electron chi connectivity index (χ0n) is 61.7. The number of ether oxygens (including phenoxy) is 1. The summed E-state index contributed by atoms with van der Waals surface area (Å²) in [5, 5.41) is 8.61. The number of carbonyl (C=O) groups excluding carboxylic acids is 11. The molecule has 2 bridgehead atoms. The van der Waals surface area contributed by atoms with E-state index in [1.165, 1.54) is 69.5 Å². The van der Waals surface area contributed by atoms with E-state index in [4.69, 9.17) is 4.74 Å². The standard InChI is InChI=1S/C72H116F5N11O12/c1-15-44(8)61-68(97)82(10)42-59(91)84(12)53-29-24-21-25-34-87(67(53)96)56(37-45-27-22-20-23-28-45)66(95)81(9)41-57(89)78-51(31-30-46-35-49(73)60(50(74)36-46)72(75,76)77)65(94)88-40-48(100-19-5)38-55(88)64(93)80-71(32-26-33-71)70(99)86(14)62(47(16-2)17-3)69(98)85(13)54(43(6)7)39-58(90)83(11)52(18-4)63(92)79-61/h21,24,43-56,60-62H,15-20,22-23,25-42H2,1-14H3,(H,78,89)(H,79,92)(H,80,93)/b24-21-/t44-,46?,48+,49?,50?,51-,52-,53-,54-,55-,56-,60?,61-,62-/m0/s1. The van der Waals surface area contributed by atoms with Crippen molar-refractivity contribution in [2.45, 2.75) is 269 Å². The van der Waals surface area contributed by atoms with Crippen molar-refractivity contribution >= 4 is 65.0 Å². The fraction of sp³-hybridized carbons (Fsp3) is 0.819. The molecular weight excluding hydrogens is 1310 g/mol. The molecule has 3 heterocycles. The molecule has 0 radical (unpaired) electrons. The molecule has 5 fully saturated rings. The summed E-state index contributed by atoms with van der Waals surface area (Å²) >= 11 is 0. The van der Waals surface area contributed by atoms with Gasteiger partial charge in [-0.3, -0.25) is 52.7 Å². The number of nitrogens with one attached hydrogen (secondary N) is 3. The van der Waals surface area contributed by atoms with E-state index in [9.17, 15) is 37.1 Å². The van der Waals surface area contributed by atoms with Crippen molar-refractivity contribution in [2.24, 2.45) is 35.5 Å². The largest absolute Gasteiger partial charge is 0.397 e. The van der Waals surface area contributed by atoms with Crippen LogP contribution in [-0.2, 0) is 57.5 Å². The van der Waals surface area contributed by atoms with Crippen LogP contribution in [0, 0.1) is 35.5 Å². The van der Waals surface area contributed by atoms with Gasteiger partial charge in [-0.1, -0.05) is 112 Å². The number of hydrogen-bond donors (Lipinski definition) is 3. The lowest BCUT2D eigenvalue weighted by molar-refractivity contribution is -0.219. The molecule has 3 saturated carbocycles. The quantitative estimate of drug-likeness (QED) is 0.121. The smallest absolute Gasteiger partial charge is 0.377 e. The van der Waals surface area contributed by atoms with Crippen LogP contribution in [0.4, 0.5) is 22.0 Å². The van der Waals surface area contributed by atoms with Gasteiger partial charge in [0.1, 0.15) is 66.1 Å². The Morgan fingerprint density at radius 3 is 1.81 bits per heavy atom. The highest BCUT2D eigenvalue weighted by molar-refractivity contribution is 6.00. The molecule has 0 aromatic carbocycles. The molecular formula is C72H116F5N11O12. The Morgan fingerprint density at radius 2 is 1.25 bits per heavy atom. The average Bonchev–Trinajstić information content (AvgIpc) is 1.29. The van der Waals surface area contributed by atoms with Crippen LogP contribution in [0.1, 0.15) is 190 Å². The van der Waals surface area contributed by atoms with E-state index in [0.29, 0.717) is 32.1 Å². The second-order valence-electron chi connectivity index (χ2n) is 29.8. The van der Waals surface area contributed by atoms with Gasteiger partial charge >= 0.3 is 6.18 Å². The van der Waals surface area contributed by atoms with Gasteiger partial charge in [-0.15, -0.1) is 0 Å². The third kappa shape index (κ3) is 19.8. The van der Waals surface area contributed by atoms with Gasteiger partial charge in [0.05, 0.1) is 19.2 Å². The molecule has 6 rings (SSSR count). The number of rotatable bonds is 14. The van der Waals surface area contributed by atoms with Gasteiger partial charge in [-0.25, -0.2) is 8.78 Å². The van der Waals surface area contributed by atoms with E-state index in [1.54, 1.807) is 33.9 Å². The first-order valence-corrected chi connectivity index (χ1v) is 36.8. The van der Waals surface area contributed by atoms with Gasteiger partial charge in [0.25, 0.3) is 0 Å². The predicted molar refractivity (Wildman–Crippen MR) is 365 cm³/mol. The normalized spacial score (nSPS) is 31.2. The first kappa shape index (κ1) is 82.5. The Kier molecular flexibility index (Phi) is 30.2. The summed E-state index contributed by atoms with van der Waals surface area (Å²) in [6.45, 7) is 13.3. The van der Waals surface area contributed by atoms with Crippen LogP contribution in [0.5, 0.6) is 0 Å². The zero-order chi connectivity index (χ0) is 74.4. The Balaban J connectivity index is 1.45. The summed E-state index contributed by atoms with van der Waals surface area (Å²) in [4.78, 5) is 175. The van der Waals surface area contributed by atoms with Crippen LogP contribution in [0.25, 0.3) is 0 Å². The molecule has 3 N–H and O–H groups in total. The highest BCUT2D eigenvalue weighted by Crippen LogP contribution is 2.45. The van der Waals surface area contributed by atoms with Crippen molar-refractivity contribution in [3.63, 3.8) is 0 Å². The van der Waals surface area contributed by atoms with Crippen molar-refractivity contribution in [1.82, 2.24) is 55.1 Å².